The molecule has 5 nitrogen and oxygen atoms in total. The van der Waals surface area contributed by atoms with Crippen molar-refractivity contribution in [2.75, 3.05) is 25.4 Å². The van der Waals surface area contributed by atoms with Crippen molar-refractivity contribution in [1.82, 2.24) is 9.88 Å². The van der Waals surface area contributed by atoms with Crippen LogP contribution in [0, 0.1) is 0 Å². The van der Waals surface area contributed by atoms with Crippen LogP contribution in [0.1, 0.15) is 17.3 Å². The van der Waals surface area contributed by atoms with E-state index < -0.39 is 0 Å². The smallest absolute Gasteiger partial charge is 0.254 e. The summed E-state index contributed by atoms with van der Waals surface area (Å²) in [6.07, 6.45) is 0.0677. The normalized spacial score (nSPS) is 19.2. The molecule has 1 aliphatic heterocycles. The predicted molar refractivity (Wildman–Crippen MR) is 77.5 cm³/mol. The summed E-state index contributed by atoms with van der Waals surface area (Å²) in [6.45, 7) is 3.76. The Morgan fingerprint density at radius 1 is 1.45 bits per heavy atom. The van der Waals surface area contributed by atoms with Gasteiger partial charge in [0.15, 0.2) is 0 Å². The standard InChI is InChI=1S/C15H17N3O2/c1-10-9-18(6-7-20-10)15(19)12-8-14(16)17-13-5-3-2-4-11(12)13/h2-5,8,10H,6-7,9H2,1H3,(H2,16,17). The lowest BCUT2D eigenvalue weighted by Crippen LogP contribution is -2.44. The molecule has 1 aromatic heterocycles. The molecule has 2 N–H and O–H groups in total. The average Bonchev–Trinajstić information content (AvgIpc) is 2.45. The molecule has 1 saturated heterocycles. The number of benzene rings is 1. The van der Waals surface area contributed by atoms with Crippen molar-refractivity contribution in [2.24, 2.45) is 0 Å². The number of ether oxygens (including phenoxy) is 1. The Bertz CT molecular complexity index is 657. The fourth-order valence-electron chi connectivity index (χ4n) is 2.55. The molecule has 3 rings (SSSR count). The lowest BCUT2D eigenvalue weighted by Gasteiger charge is -2.31. The van der Waals surface area contributed by atoms with E-state index in [0.29, 0.717) is 31.1 Å². The number of rotatable bonds is 1. The van der Waals surface area contributed by atoms with Gasteiger partial charge in [0, 0.05) is 18.5 Å². The number of carbonyl (C=O) groups is 1. The lowest BCUT2D eigenvalue weighted by molar-refractivity contribution is -0.0123. The van der Waals surface area contributed by atoms with E-state index in [9.17, 15) is 4.79 Å². The van der Waals surface area contributed by atoms with E-state index in [4.69, 9.17) is 10.5 Å². The topological polar surface area (TPSA) is 68.5 Å². The van der Waals surface area contributed by atoms with Crippen molar-refractivity contribution < 1.29 is 9.53 Å². The summed E-state index contributed by atoms with van der Waals surface area (Å²) in [7, 11) is 0. The Labute approximate surface area is 117 Å². The number of nitrogens with two attached hydrogens (primary N) is 1. The number of hydrogen-bond acceptors (Lipinski definition) is 4. The Morgan fingerprint density at radius 2 is 2.25 bits per heavy atom. The number of nitrogens with zero attached hydrogens (tertiary/aromatic N) is 2. The van der Waals surface area contributed by atoms with Gasteiger partial charge in [-0.05, 0) is 19.1 Å². The number of carbonyl (C=O) groups excluding carboxylic acids is 1. The minimum atomic E-state index is -0.00884. The maximum Gasteiger partial charge on any atom is 0.254 e. The molecule has 0 bridgehead atoms. The first-order valence-corrected chi connectivity index (χ1v) is 6.71. The van der Waals surface area contributed by atoms with Crippen LogP contribution in [0.2, 0.25) is 0 Å². The van der Waals surface area contributed by atoms with Crippen LogP contribution < -0.4 is 5.73 Å². The van der Waals surface area contributed by atoms with Crippen molar-refractivity contribution in [2.45, 2.75) is 13.0 Å². The van der Waals surface area contributed by atoms with Crippen molar-refractivity contribution in [1.29, 1.82) is 0 Å². The third kappa shape index (κ3) is 2.32. The fraction of sp³-hybridized carbons (Fsp3) is 0.333. The van der Waals surface area contributed by atoms with E-state index in [1.165, 1.54) is 0 Å². The van der Waals surface area contributed by atoms with Crippen LogP contribution in [0.15, 0.2) is 30.3 Å². The number of anilines is 1. The molecule has 20 heavy (non-hydrogen) atoms. The Balaban J connectivity index is 2.02. The second-order valence-corrected chi connectivity index (χ2v) is 5.04. The number of fused-ring (bicyclic) bond motifs is 1. The molecule has 104 valence electrons. The van der Waals surface area contributed by atoms with Gasteiger partial charge in [0.25, 0.3) is 5.91 Å². The van der Waals surface area contributed by atoms with E-state index in [1.807, 2.05) is 36.1 Å². The molecule has 5 heteroatoms. The Hall–Kier alpha value is -2.14. The summed E-state index contributed by atoms with van der Waals surface area (Å²) in [5.41, 5.74) is 7.17. The number of pyridine rings is 1. The van der Waals surface area contributed by atoms with Crippen LogP contribution in [0.25, 0.3) is 10.9 Å². The van der Waals surface area contributed by atoms with Gasteiger partial charge in [-0.3, -0.25) is 4.79 Å². The molecule has 2 aromatic rings. The van der Waals surface area contributed by atoms with Crippen LogP contribution in [-0.4, -0.2) is 41.6 Å². The molecule has 1 atom stereocenters. The maximum absolute atomic E-state index is 12.7. The molecule has 1 amide bonds. The number of nitrogen functional groups attached to an aromatic ring is 1. The molecular formula is C15H17N3O2. The predicted octanol–water partition coefficient (Wildman–Crippen LogP) is 1.68. The third-order valence-electron chi connectivity index (χ3n) is 3.49. The maximum atomic E-state index is 12.7. The minimum Gasteiger partial charge on any atom is -0.384 e. The van der Waals surface area contributed by atoms with Gasteiger partial charge < -0.3 is 15.4 Å². The zero-order valence-corrected chi connectivity index (χ0v) is 11.4. The zero-order valence-electron chi connectivity index (χ0n) is 11.4. The highest BCUT2D eigenvalue weighted by Gasteiger charge is 2.24. The van der Waals surface area contributed by atoms with E-state index in [-0.39, 0.29) is 12.0 Å². The number of hydrogen-bond donors (Lipinski definition) is 1. The third-order valence-corrected chi connectivity index (χ3v) is 3.49. The Morgan fingerprint density at radius 3 is 3.05 bits per heavy atom. The zero-order chi connectivity index (χ0) is 14.1. The first-order valence-electron chi connectivity index (χ1n) is 6.71. The van der Waals surface area contributed by atoms with Crippen LogP contribution in [0.4, 0.5) is 5.82 Å². The molecular weight excluding hydrogens is 254 g/mol. The first kappa shape index (κ1) is 12.9. The van der Waals surface area contributed by atoms with Crippen molar-refractivity contribution in [3.8, 4) is 0 Å². The van der Waals surface area contributed by atoms with E-state index in [2.05, 4.69) is 4.98 Å². The molecule has 1 aliphatic rings. The molecule has 1 unspecified atom stereocenters. The van der Waals surface area contributed by atoms with Gasteiger partial charge in [0.2, 0.25) is 0 Å². The highest BCUT2D eigenvalue weighted by molar-refractivity contribution is 6.06. The van der Waals surface area contributed by atoms with Crippen LogP contribution in [0.3, 0.4) is 0 Å². The average molecular weight is 271 g/mol. The number of aromatic nitrogens is 1. The molecule has 1 aromatic carbocycles. The molecule has 0 aliphatic carbocycles. The van der Waals surface area contributed by atoms with E-state index in [1.54, 1.807) is 6.07 Å². The van der Waals surface area contributed by atoms with Gasteiger partial charge in [-0.15, -0.1) is 0 Å². The van der Waals surface area contributed by atoms with Gasteiger partial charge in [-0.25, -0.2) is 4.98 Å². The summed E-state index contributed by atoms with van der Waals surface area (Å²) >= 11 is 0. The van der Waals surface area contributed by atoms with Gasteiger partial charge in [-0.1, -0.05) is 18.2 Å². The highest BCUT2D eigenvalue weighted by atomic mass is 16.5. The second-order valence-electron chi connectivity index (χ2n) is 5.04. The summed E-state index contributed by atoms with van der Waals surface area (Å²) in [4.78, 5) is 18.8. The van der Waals surface area contributed by atoms with Crippen LogP contribution >= 0.6 is 0 Å². The molecule has 1 fully saturated rings. The first-order chi connectivity index (χ1) is 9.65. The summed E-state index contributed by atoms with van der Waals surface area (Å²) in [5.74, 6) is 0.360. The Kier molecular flexibility index (Phi) is 3.28. The monoisotopic (exact) mass is 271 g/mol. The minimum absolute atomic E-state index is 0.00884. The van der Waals surface area contributed by atoms with Gasteiger partial charge in [0.05, 0.1) is 23.8 Å². The van der Waals surface area contributed by atoms with Gasteiger partial charge >= 0.3 is 0 Å². The van der Waals surface area contributed by atoms with Crippen molar-refractivity contribution in [3.63, 3.8) is 0 Å². The number of morpholine rings is 1. The van der Waals surface area contributed by atoms with Crippen molar-refractivity contribution in [3.05, 3.63) is 35.9 Å². The quantitative estimate of drug-likeness (QED) is 0.856. The van der Waals surface area contributed by atoms with E-state index >= 15 is 0 Å². The fourth-order valence-corrected chi connectivity index (χ4v) is 2.55. The van der Waals surface area contributed by atoms with Crippen molar-refractivity contribution >= 4 is 22.6 Å². The van der Waals surface area contributed by atoms with E-state index in [0.717, 1.165) is 10.9 Å². The lowest BCUT2D eigenvalue weighted by atomic mass is 10.1. The molecule has 0 spiro atoms. The van der Waals surface area contributed by atoms with Gasteiger partial charge in [0.1, 0.15) is 5.82 Å². The number of para-hydroxylation sites is 1. The highest BCUT2D eigenvalue weighted by Crippen LogP contribution is 2.21. The summed E-state index contributed by atoms with van der Waals surface area (Å²) in [5, 5.41) is 0.839. The van der Waals surface area contributed by atoms with Crippen LogP contribution in [-0.2, 0) is 4.74 Å². The SMILES string of the molecule is CC1CN(C(=O)c2cc(N)nc3ccccc23)CCO1. The largest absolute Gasteiger partial charge is 0.384 e. The summed E-state index contributed by atoms with van der Waals surface area (Å²) < 4.78 is 5.47. The summed E-state index contributed by atoms with van der Waals surface area (Å²) in [6, 6.07) is 9.22. The van der Waals surface area contributed by atoms with Crippen LogP contribution in [0.5, 0.6) is 0 Å². The molecule has 0 saturated carbocycles. The second kappa shape index (κ2) is 5.09. The molecule has 2 heterocycles. The van der Waals surface area contributed by atoms with Gasteiger partial charge in [-0.2, -0.15) is 0 Å². The number of amides is 1. The molecule has 0 radical (unpaired) electrons.